The van der Waals surface area contributed by atoms with Crippen LogP contribution in [0.1, 0.15) is 12.8 Å². The maximum absolute atomic E-state index is 10.7. The molecular formula is C8H16O7S2. The van der Waals surface area contributed by atoms with Crippen molar-refractivity contribution in [2.75, 3.05) is 25.7 Å². The van der Waals surface area contributed by atoms with Gasteiger partial charge in [-0.2, -0.15) is 16.8 Å². The molecule has 0 aliphatic carbocycles. The molecule has 0 saturated carbocycles. The van der Waals surface area contributed by atoms with Crippen molar-refractivity contribution in [3.8, 4) is 0 Å². The first-order chi connectivity index (χ1) is 7.66. The van der Waals surface area contributed by atoms with Crippen LogP contribution < -0.4 is 0 Å². The standard InChI is InChI=1S/C8H16O7S2/c1-16(9,10)13-5-7-3-4-8(15-7)6-14-17(2,11)12/h7-8H,3-6H2,1-2H3. The lowest BCUT2D eigenvalue weighted by Crippen LogP contribution is -2.22. The van der Waals surface area contributed by atoms with Gasteiger partial charge in [0.15, 0.2) is 0 Å². The minimum Gasteiger partial charge on any atom is -0.370 e. The maximum atomic E-state index is 10.7. The Bertz CT molecular complexity index is 396. The lowest BCUT2D eigenvalue weighted by molar-refractivity contribution is 0.000123. The van der Waals surface area contributed by atoms with Crippen molar-refractivity contribution < 1.29 is 29.9 Å². The zero-order chi connectivity index (χ0) is 13.1. The molecule has 0 bridgehead atoms. The predicted octanol–water partition coefficient (Wildman–Crippen LogP) is -0.514. The number of rotatable bonds is 6. The Labute approximate surface area is 101 Å². The molecule has 0 spiro atoms. The van der Waals surface area contributed by atoms with Gasteiger partial charge in [-0.25, -0.2) is 0 Å². The first kappa shape index (κ1) is 14.8. The summed E-state index contributed by atoms with van der Waals surface area (Å²) in [6, 6.07) is 0. The van der Waals surface area contributed by atoms with Gasteiger partial charge < -0.3 is 4.74 Å². The Balaban J connectivity index is 2.28. The van der Waals surface area contributed by atoms with E-state index in [0.717, 1.165) is 12.5 Å². The van der Waals surface area contributed by atoms with Crippen LogP contribution in [0.5, 0.6) is 0 Å². The highest BCUT2D eigenvalue weighted by molar-refractivity contribution is 7.86. The Kier molecular flexibility index (Phi) is 4.90. The summed E-state index contributed by atoms with van der Waals surface area (Å²) in [6.45, 7) is -0.0948. The SMILES string of the molecule is CS(=O)(=O)OCC1CCC(COS(C)(=O)=O)O1. The van der Waals surface area contributed by atoms with Gasteiger partial charge >= 0.3 is 0 Å². The van der Waals surface area contributed by atoms with Crippen LogP contribution >= 0.6 is 0 Å². The largest absolute Gasteiger partial charge is 0.370 e. The Morgan fingerprint density at radius 2 is 1.29 bits per heavy atom. The molecule has 1 rings (SSSR count). The van der Waals surface area contributed by atoms with E-state index < -0.39 is 20.2 Å². The number of hydrogen-bond donors (Lipinski definition) is 0. The van der Waals surface area contributed by atoms with E-state index in [1.165, 1.54) is 0 Å². The molecule has 2 unspecified atom stereocenters. The van der Waals surface area contributed by atoms with E-state index in [1.54, 1.807) is 0 Å². The molecular weight excluding hydrogens is 272 g/mol. The second kappa shape index (κ2) is 5.61. The monoisotopic (exact) mass is 288 g/mol. The molecule has 102 valence electrons. The summed E-state index contributed by atoms with van der Waals surface area (Å²) in [6.07, 6.45) is 2.50. The van der Waals surface area contributed by atoms with Gasteiger partial charge in [-0.1, -0.05) is 0 Å². The highest BCUT2D eigenvalue weighted by Gasteiger charge is 2.27. The average molecular weight is 288 g/mol. The minimum absolute atomic E-state index is 0.0474. The van der Waals surface area contributed by atoms with E-state index in [1.807, 2.05) is 0 Å². The second-order valence-corrected chi connectivity index (χ2v) is 7.22. The maximum Gasteiger partial charge on any atom is 0.264 e. The van der Waals surface area contributed by atoms with Crippen LogP contribution in [0.15, 0.2) is 0 Å². The van der Waals surface area contributed by atoms with Crippen LogP contribution in [0.25, 0.3) is 0 Å². The molecule has 0 aromatic carbocycles. The van der Waals surface area contributed by atoms with E-state index in [0.29, 0.717) is 12.8 Å². The van der Waals surface area contributed by atoms with Crippen molar-refractivity contribution >= 4 is 20.2 Å². The quantitative estimate of drug-likeness (QED) is 0.607. The molecule has 17 heavy (non-hydrogen) atoms. The van der Waals surface area contributed by atoms with E-state index in [9.17, 15) is 16.8 Å². The van der Waals surface area contributed by atoms with Gasteiger partial charge in [-0.15, -0.1) is 0 Å². The molecule has 9 heteroatoms. The Hall–Kier alpha value is -0.220. The fraction of sp³-hybridized carbons (Fsp3) is 1.00. The minimum atomic E-state index is -3.47. The van der Waals surface area contributed by atoms with Crippen molar-refractivity contribution in [2.24, 2.45) is 0 Å². The van der Waals surface area contributed by atoms with Gasteiger partial charge in [0.2, 0.25) is 0 Å². The van der Waals surface area contributed by atoms with Crippen molar-refractivity contribution in [1.29, 1.82) is 0 Å². The summed E-state index contributed by atoms with van der Waals surface area (Å²) in [7, 11) is -6.94. The molecule has 7 nitrogen and oxygen atoms in total. The van der Waals surface area contributed by atoms with Crippen LogP contribution in [-0.4, -0.2) is 54.8 Å². The molecule has 0 amide bonds. The van der Waals surface area contributed by atoms with Crippen LogP contribution in [0.2, 0.25) is 0 Å². The zero-order valence-corrected chi connectivity index (χ0v) is 11.3. The fourth-order valence-electron chi connectivity index (χ4n) is 1.42. The molecule has 1 aliphatic rings. The number of ether oxygens (including phenoxy) is 1. The fourth-order valence-corrected chi connectivity index (χ4v) is 2.22. The third-order valence-electron chi connectivity index (χ3n) is 2.13. The molecule has 0 radical (unpaired) electrons. The van der Waals surface area contributed by atoms with Crippen LogP contribution in [0, 0.1) is 0 Å². The molecule has 1 fully saturated rings. The Morgan fingerprint density at radius 1 is 0.941 bits per heavy atom. The van der Waals surface area contributed by atoms with Gasteiger partial charge in [0.05, 0.1) is 37.9 Å². The third kappa shape index (κ3) is 6.94. The molecule has 2 atom stereocenters. The van der Waals surface area contributed by atoms with Gasteiger partial charge in [0.1, 0.15) is 0 Å². The van der Waals surface area contributed by atoms with E-state index in [2.05, 4.69) is 8.37 Å². The molecule has 0 aromatic rings. The summed E-state index contributed by atoms with van der Waals surface area (Å²) >= 11 is 0. The summed E-state index contributed by atoms with van der Waals surface area (Å²) in [4.78, 5) is 0. The average Bonchev–Trinajstić information content (AvgIpc) is 2.57. The summed E-state index contributed by atoms with van der Waals surface area (Å²) in [5.74, 6) is 0. The van der Waals surface area contributed by atoms with Crippen LogP contribution in [-0.2, 0) is 33.3 Å². The smallest absolute Gasteiger partial charge is 0.264 e. The lowest BCUT2D eigenvalue weighted by Gasteiger charge is -2.12. The van der Waals surface area contributed by atoms with Gasteiger partial charge in [-0.3, -0.25) is 8.37 Å². The highest BCUT2D eigenvalue weighted by Crippen LogP contribution is 2.20. The first-order valence-corrected chi connectivity index (χ1v) is 8.63. The van der Waals surface area contributed by atoms with E-state index in [4.69, 9.17) is 4.74 Å². The second-order valence-electron chi connectivity index (χ2n) is 3.93. The Morgan fingerprint density at radius 3 is 1.59 bits per heavy atom. The van der Waals surface area contributed by atoms with Crippen LogP contribution in [0.3, 0.4) is 0 Å². The van der Waals surface area contributed by atoms with Crippen molar-refractivity contribution in [1.82, 2.24) is 0 Å². The molecule has 1 heterocycles. The van der Waals surface area contributed by atoms with Gasteiger partial charge in [0.25, 0.3) is 20.2 Å². The normalized spacial score (nSPS) is 26.2. The van der Waals surface area contributed by atoms with Crippen LogP contribution in [0.4, 0.5) is 0 Å². The summed E-state index contributed by atoms with van der Waals surface area (Å²) < 4.78 is 57.5. The molecule has 1 saturated heterocycles. The first-order valence-electron chi connectivity index (χ1n) is 5.00. The highest BCUT2D eigenvalue weighted by atomic mass is 32.2. The zero-order valence-electron chi connectivity index (χ0n) is 9.66. The topological polar surface area (TPSA) is 96.0 Å². The predicted molar refractivity (Wildman–Crippen MR) is 59.5 cm³/mol. The summed E-state index contributed by atoms with van der Waals surface area (Å²) in [5.41, 5.74) is 0. The number of hydrogen-bond acceptors (Lipinski definition) is 7. The molecule has 1 aliphatic heterocycles. The third-order valence-corrected chi connectivity index (χ3v) is 3.26. The van der Waals surface area contributed by atoms with Crippen molar-refractivity contribution in [3.05, 3.63) is 0 Å². The molecule has 0 aromatic heterocycles. The van der Waals surface area contributed by atoms with E-state index in [-0.39, 0.29) is 25.4 Å². The molecule has 0 N–H and O–H groups in total. The van der Waals surface area contributed by atoms with E-state index >= 15 is 0 Å². The summed E-state index contributed by atoms with van der Waals surface area (Å²) in [5, 5.41) is 0. The van der Waals surface area contributed by atoms with Crippen molar-refractivity contribution in [2.45, 2.75) is 25.0 Å². The lowest BCUT2D eigenvalue weighted by atomic mass is 10.2. The van der Waals surface area contributed by atoms with Gasteiger partial charge in [0, 0.05) is 0 Å². The van der Waals surface area contributed by atoms with Crippen molar-refractivity contribution in [3.63, 3.8) is 0 Å². The van der Waals surface area contributed by atoms with Gasteiger partial charge in [-0.05, 0) is 12.8 Å².